The van der Waals surface area contributed by atoms with Gasteiger partial charge in [0.25, 0.3) is 0 Å². The molecule has 0 atom stereocenters. The van der Waals surface area contributed by atoms with E-state index >= 15 is 0 Å². The van der Waals surface area contributed by atoms with E-state index in [-0.39, 0.29) is 5.82 Å². The zero-order chi connectivity index (χ0) is 16.5. The van der Waals surface area contributed by atoms with Crippen LogP contribution in [0.1, 0.15) is 17.5 Å². The van der Waals surface area contributed by atoms with E-state index in [2.05, 4.69) is 41.8 Å². The van der Waals surface area contributed by atoms with Crippen LogP contribution in [0.2, 0.25) is 0 Å². The number of aryl methyl sites for hydroxylation is 1. The lowest BCUT2D eigenvalue weighted by molar-refractivity contribution is 0.628. The Labute approximate surface area is 146 Å². The molecular formula is C18H21FN2S2. The van der Waals surface area contributed by atoms with Crippen molar-refractivity contribution in [2.45, 2.75) is 19.1 Å². The number of thiocarbonyl (C=S) groups is 1. The third-order valence-corrected chi connectivity index (χ3v) is 4.71. The van der Waals surface area contributed by atoms with Crippen LogP contribution in [0.25, 0.3) is 0 Å². The molecule has 23 heavy (non-hydrogen) atoms. The predicted molar refractivity (Wildman–Crippen MR) is 103 cm³/mol. The largest absolute Gasteiger partial charge is 0.362 e. The lowest BCUT2D eigenvalue weighted by atomic mass is 10.1. The third-order valence-electron chi connectivity index (χ3n) is 3.37. The van der Waals surface area contributed by atoms with Gasteiger partial charge in [-0.15, -0.1) is 0 Å². The molecule has 2 N–H and O–H groups in total. The highest BCUT2D eigenvalue weighted by molar-refractivity contribution is 7.98. The maximum atomic E-state index is 12.8. The predicted octanol–water partition coefficient (Wildman–Crippen LogP) is 4.74. The van der Waals surface area contributed by atoms with Crippen molar-refractivity contribution in [1.82, 2.24) is 5.32 Å². The number of hydrogen-bond donors (Lipinski definition) is 2. The minimum Gasteiger partial charge on any atom is -0.362 e. The van der Waals surface area contributed by atoms with Gasteiger partial charge < -0.3 is 10.6 Å². The van der Waals surface area contributed by atoms with Gasteiger partial charge in [0.05, 0.1) is 0 Å². The maximum absolute atomic E-state index is 12.8. The van der Waals surface area contributed by atoms with Gasteiger partial charge in [0, 0.05) is 18.0 Å². The second-order valence-corrected chi connectivity index (χ2v) is 6.73. The van der Waals surface area contributed by atoms with Crippen LogP contribution in [0.15, 0.2) is 48.5 Å². The molecule has 0 radical (unpaired) electrons. The van der Waals surface area contributed by atoms with Gasteiger partial charge in [-0.25, -0.2) is 4.39 Å². The molecule has 0 spiro atoms. The molecule has 2 aromatic carbocycles. The molecule has 2 aromatic rings. The van der Waals surface area contributed by atoms with Crippen LogP contribution in [-0.4, -0.2) is 17.4 Å². The van der Waals surface area contributed by atoms with Crippen molar-refractivity contribution >= 4 is 34.8 Å². The van der Waals surface area contributed by atoms with Gasteiger partial charge in [-0.2, -0.15) is 11.8 Å². The average Bonchev–Trinajstić information content (AvgIpc) is 2.54. The number of rotatable bonds is 7. The molecule has 0 fully saturated rings. The summed E-state index contributed by atoms with van der Waals surface area (Å²) in [4.78, 5) is 0. The second-order valence-electron chi connectivity index (χ2n) is 5.22. The molecule has 0 aliphatic carbocycles. The van der Waals surface area contributed by atoms with Gasteiger partial charge in [0.2, 0.25) is 0 Å². The van der Waals surface area contributed by atoms with Crippen LogP contribution in [0, 0.1) is 12.7 Å². The Bertz CT molecular complexity index is 629. The normalized spacial score (nSPS) is 10.3. The standard InChI is InChI=1S/C18H21FN2S2/c1-14-5-2-3-6-15(14)13-23-12-4-11-20-18(22)21-17-9-7-16(19)8-10-17/h2-3,5-10H,4,11-13H2,1H3,(H2,20,21,22). The first-order valence-corrected chi connectivity index (χ1v) is 9.14. The van der Waals surface area contributed by atoms with Gasteiger partial charge >= 0.3 is 0 Å². The molecule has 0 saturated heterocycles. The monoisotopic (exact) mass is 348 g/mol. The third kappa shape index (κ3) is 6.59. The Morgan fingerprint density at radius 2 is 1.87 bits per heavy atom. The summed E-state index contributed by atoms with van der Waals surface area (Å²) in [5.41, 5.74) is 3.54. The van der Waals surface area contributed by atoms with Crippen LogP contribution >= 0.6 is 24.0 Å². The van der Waals surface area contributed by atoms with Crippen LogP contribution in [0.4, 0.5) is 10.1 Å². The Balaban J connectivity index is 1.57. The number of thioether (sulfide) groups is 1. The summed E-state index contributed by atoms with van der Waals surface area (Å²) in [6.45, 7) is 2.98. The summed E-state index contributed by atoms with van der Waals surface area (Å²) < 4.78 is 12.8. The van der Waals surface area contributed by atoms with Crippen molar-refractivity contribution in [2.75, 3.05) is 17.6 Å². The van der Waals surface area contributed by atoms with Crippen molar-refractivity contribution in [3.05, 3.63) is 65.5 Å². The van der Waals surface area contributed by atoms with E-state index in [4.69, 9.17) is 12.2 Å². The Hall–Kier alpha value is -1.59. The Morgan fingerprint density at radius 1 is 1.13 bits per heavy atom. The van der Waals surface area contributed by atoms with Gasteiger partial charge in [0.15, 0.2) is 5.11 Å². The highest BCUT2D eigenvalue weighted by Gasteiger charge is 1.99. The molecule has 0 aliphatic rings. The molecule has 2 rings (SSSR count). The van der Waals surface area contributed by atoms with Crippen molar-refractivity contribution in [3.63, 3.8) is 0 Å². The minimum atomic E-state index is -0.250. The fourth-order valence-corrected chi connectivity index (χ4v) is 3.30. The fourth-order valence-electron chi connectivity index (χ4n) is 2.04. The highest BCUT2D eigenvalue weighted by atomic mass is 32.2. The summed E-state index contributed by atoms with van der Waals surface area (Å²) in [6, 6.07) is 14.6. The molecule has 5 heteroatoms. The molecule has 0 bridgehead atoms. The van der Waals surface area contributed by atoms with Gasteiger partial charge in [-0.05, 0) is 66.7 Å². The van der Waals surface area contributed by atoms with Crippen LogP contribution in [0.3, 0.4) is 0 Å². The van der Waals surface area contributed by atoms with Crippen LogP contribution in [0.5, 0.6) is 0 Å². The molecule has 122 valence electrons. The summed E-state index contributed by atoms with van der Waals surface area (Å²) in [5.74, 6) is 1.88. The highest BCUT2D eigenvalue weighted by Crippen LogP contribution is 2.16. The quantitative estimate of drug-likeness (QED) is 0.557. The molecule has 2 nitrogen and oxygen atoms in total. The Morgan fingerprint density at radius 3 is 2.61 bits per heavy atom. The number of benzene rings is 2. The summed E-state index contributed by atoms with van der Waals surface area (Å²) in [7, 11) is 0. The van der Waals surface area contributed by atoms with Crippen molar-refractivity contribution in [2.24, 2.45) is 0 Å². The zero-order valence-electron chi connectivity index (χ0n) is 13.1. The summed E-state index contributed by atoms with van der Waals surface area (Å²) >= 11 is 7.15. The minimum absolute atomic E-state index is 0.250. The van der Waals surface area contributed by atoms with Gasteiger partial charge in [-0.1, -0.05) is 24.3 Å². The van der Waals surface area contributed by atoms with E-state index in [0.717, 1.165) is 30.2 Å². The van der Waals surface area contributed by atoms with E-state index < -0.39 is 0 Å². The first-order valence-electron chi connectivity index (χ1n) is 7.58. The summed E-state index contributed by atoms with van der Waals surface area (Å²) in [6.07, 6.45) is 1.04. The van der Waals surface area contributed by atoms with E-state index in [1.807, 2.05) is 11.8 Å². The molecule has 0 aliphatic heterocycles. The topological polar surface area (TPSA) is 24.1 Å². The molecular weight excluding hydrogens is 327 g/mol. The number of halogens is 1. The van der Waals surface area contributed by atoms with E-state index in [1.54, 1.807) is 12.1 Å². The van der Waals surface area contributed by atoms with Gasteiger partial charge in [0.1, 0.15) is 5.82 Å². The van der Waals surface area contributed by atoms with E-state index in [9.17, 15) is 4.39 Å². The SMILES string of the molecule is Cc1ccccc1CSCCCNC(=S)Nc1ccc(F)cc1. The molecule has 0 unspecified atom stereocenters. The van der Waals surface area contributed by atoms with Gasteiger partial charge in [-0.3, -0.25) is 0 Å². The maximum Gasteiger partial charge on any atom is 0.170 e. The van der Waals surface area contributed by atoms with E-state index in [1.165, 1.54) is 23.3 Å². The number of hydrogen-bond acceptors (Lipinski definition) is 2. The average molecular weight is 349 g/mol. The first-order chi connectivity index (χ1) is 11.1. The van der Waals surface area contributed by atoms with Crippen LogP contribution < -0.4 is 10.6 Å². The molecule has 0 amide bonds. The summed E-state index contributed by atoms with van der Waals surface area (Å²) in [5, 5.41) is 6.78. The smallest absolute Gasteiger partial charge is 0.170 e. The first kappa shape index (κ1) is 17.8. The Kier molecular flexibility index (Phi) is 7.36. The van der Waals surface area contributed by atoms with Crippen LogP contribution in [-0.2, 0) is 5.75 Å². The lowest BCUT2D eigenvalue weighted by Gasteiger charge is -2.10. The lowest BCUT2D eigenvalue weighted by Crippen LogP contribution is -2.29. The molecule has 0 heterocycles. The van der Waals surface area contributed by atoms with Crippen molar-refractivity contribution in [3.8, 4) is 0 Å². The van der Waals surface area contributed by atoms with Crippen molar-refractivity contribution in [1.29, 1.82) is 0 Å². The number of anilines is 1. The molecule has 0 saturated carbocycles. The molecule has 0 aromatic heterocycles. The fraction of sp³-hybridized carbons (Fsp3) is 0.278. The van der Waals surface area contributed by atoms with Crippen molar-refractivity contribution < 1.29 is 4.39 Å². The zero-order valence-corrected chi connectivity index (χ0v) is 14.8. The second kappa shape index (κ2) is 9.53. The van der Waals surface area contributed by atoms with E-state index in [0.29, 0.717) is 5.11 Å². The number of nitrogens with one attached hydrogen (secondary N) is 2.